The highest BCUT2D eigenvalue weighted by Crippen LogP contribution is 2.60. The molecular weight excluding hydrogens is 685 g/mol. The molecule has 3 aliphatic carbocycles. The van der Waals surface area contributed by atoms with Gasteiger partial charge in [-0.25, -0.2) is 0 Å². The first-order valence-corrected chi connectivity index (χ1v) is 30.9. The summed E-state index contributed by atoms with van der Waals surface area (Å²) in [4.78, 5) is 0. The monoisotopic (exact) mass is 773 g/mol. The molecule has 0 N–H and O–H groups in total. The maximum Gasteiger partial charge on any atom is 0.192 e. The number of rotatable bonds is 14. The van der Waals surface area contributed by atoms with Gasteiger partial charge in [-0.15, -0.1) is 0 Å². The van der Waals surface area contributed by atoms with Gasteiger partial charge in [0.15, 0.2) is 25.0 Å². The van der Waals surface area contributed by atoms with E-state index in [0.29, 0.717) is 16.7 Å². The summed E-state index contributed by atoms with van der Waals surface area (Å²) >= 11 is 0. The Morgan fingerprint density at radius 3 is 1.75 bits per heavy atom. The van der Waals surface area contributed by atoms with E-state index >= 15 is 0 Å². The van der Waals surface area contributed by atoms with Gasteiger partial charge in [0.05, 0.1) is 12.2 Å². The molecular formula is C46H88O3Si3. The molecule has 8 atom stereocenters. The summed E-state index contributed by atoms with van der Waals surface area (Å²) < 4.78 is 22.3. The van der Waals surface area contributed by atoms with Crippen LogP contribution >= 0.6 is 0 Å². The van der Waals surface area contributed by atoms with Gasteiger partial charge in [-0.3, -0.25) is 0 Å². The van der Waals surface area contributed by atoms with Crippen LogP contribution in [0, 0.1) is 34.5 Å². The van der Waals surface area contributed by atoms with E-state index in [9.17, 15) is 0 Å². The van der Waals surface area contributed by atoms with Crippen molar-refractivity contribution in [3.05, 3.63) is 36.0 Å². The highest BCUT2D eigenvalue weighted by Gasteiger charge is 2.56. The van der Waals surface area contributed by atoms with Crippen LogP contribution in [0.2, 0.25) is 55.9 Å². The molecule has 302 valence electrons. The Hall–Kier alpha value is -0.249. The molecule has 0 amide bonds. The molecule has 0 radical (unpaired) electrons. The fourth-order valence-electron chi connectivity index (χ4n) is 9.51. The van der Waals surface area contributed by atoms with Crippen molar-refractivity contribution in [2.75, 3.05) is 0 Å². The number of fused-ring (bicyclic) bond motifs is 1. The Morgan fingerprint density at radius 1 is 0.769 bits per heavy atom. The summed E-state index contributed by atoms with van der Waals surface area (Å²) in [7, 11) is -6.10. The van der Waals surface area contributed by atoms with E-state index in [1.807, 2.05) is 0 Å². The predicted octanol–water partition coefficient (Wildman–Crippen LogP) is 14.9. The molecule has 0 bridgehead atoms. The molecule has 5 unspecified atom stereocenters. The first kappa shape index (κ1) is 46.1. The van der Waals surface area contributed by atoms with Crippen molar-refractivity contribution in [1.82, 2.24) is 0 Å². The van der Waals surface area contributed by atoms with Crippen LogP contribution in [0.4, 0.5) is 0 Å². The summed E-state index contributed by atoms with van der Waals surface area (Å²) in [5.74, 6) is 2.99. The molecule has 3 nitrogen and oxygen atoms in total. The lowest BCUT2D eigenvalue weighted by atomic mass is 9.59. The van der Waals surface area contributed by atoms with Crippen LogP contribution in [-0.4, -0.2) is 42.8 Å². The lowest BCUT2D eigenvalue weighted by Gasteiger charge is -2.55. The molecule has 0 aromatic rings. The number of allylic oxidation sites excluding steroid dienone is 5. The summed E-state index contributed by atoms with van der Waals surface area (Å²) in [6.07, 6.45) is 24.8. The summed E-state index contributed by atoms with van der Waals surface area (Å²) in [5.41, 5.74) is 1.84. The van der Waals surface area contributed by atoms with Gasteiger partial charge in [0.1, 0.15) is 5.60 Å². The molecule has 3 aliphatic rings. The maximum absolute atomic E-state index is 7.47. The minimum atomic E-state index is -2.08. The number of hydrogen-bond acceptors (Lipinski definition) is 3. The average Bonchev–Trinajstić information content (AvgIpc) is 3.35. The van der Waals surface area contributed by atoms with Crippen molar-refractivity contribution in [2.45, 2.75) is 221 Å². The van der Waals surface area contributed by atoms with Crippen LogP contribution in [0.3, 0.4) is 0 Å². The molecule has 0 aromatic carbocycles. The summed E-state index contributed by atoms with van der Waals surface area (Å²) in [6.45, 7) is 45.5. The van der Waals surface area contributed by atoms with E-state index < -0.39 is 30.6 Å². The van der Waals surface area contributed by atoms with Crippen molar-refractivity contribution in [2.24, 2.45) is 34.5 Å². The van der Waals surface area contributed by atoms with Crippen molar-refractivity contribution >= 4 is 25.0 Å². The first-order valence-electron chi connectivity index (χ1n) is 21.6. The largest absolute Gasteiger partial charge is 0.411 e. The van der Waals surface area contributed by atoms with Gasteiger partial charge in [0.2, 0.25) is 0 Å². The van der Waals surface area contributed by atoms with Crippen molar-refractivity contribution < 1.29 is 13.3 Å². The topological polar surface area (TPSA) is 27.7 Å². The van der Waals surface area contributed by atoms with Crippen LogP contribution in [0.15, 0.2) is 36.0 Å². The molecule has 3 fully saturated rings. The Labute approximate surface area is 328 Å². The molecule has 3 saturated carbocycles. The van der Waals surface area contributed by atoms with Crippen molar-refractivity contribution in [3.63, 3.8) is 0 Å². The van der Waals surface area contributed by atoms with Gasteiger partial charge in [-0.2, -0.15) is 0 Å². The van der Waals surface area contributed by atoms with Crippen LogP contribution < -0.4 is 0 Å². The maximum atomic E-state index is 7.47. The van der Waals surface area contributed by atoms with E-state index in [0.717, 1.165) is 30.6 Å². The fraction of sp³-hybridized carbons (Fsp3) is 0.870. The second-order valence-electron chi connectivity index (χ2n) is 22.6. The van der Waals surface area contributed by atoms with Crippen LogP contribution in [0.1, 0.15) is 147 Å². The SMILES string of the molecule is CCC(C)(/C=C/C=C/[C@@H](C)C1CCC2[C@@H](CC=C3CC(O[Si](C)(C)C(C)(C)C)C(C)(O[Si](C)(C)C)[C@H](O[Si](C)(C)C(C)(C)C)C3)CCCC21C)CC. The third-order valence-electron chi connectivity index (χ3n) is 15.5. The lowest BCUT2D eigenvalue weighted by Crippen LogP contribution is -2.65. The molecule has 0 saturated heterocycles. The van der Waals surface area contributed by atoms with Crippen LogP contribution in [0.25, 0.3) is 0 Å². The Balaban J connectivity index is 1.93. The highest BCUT2D eigenvalue weighted by atomic mass is 28.4. The van der Waals surface area contributed by atoms with Gasteiger partial charge in [0.25, 0.3) is 0 Å². The predicted molar refractivity (Wildman–Crippen MR) is 237 cm³/mol. The minimum Gasteiger partial charge on any atom is -0.411 e. The standard InChI is InChI=1S/C46H88O3Si3/c1-20-44(10,21-2)31-23-22-25-35(3)38-29-30-39-37(26-24-32-45(38,39)11)28-27-36-33-40(47-51(16,17)42(4,5)6)46(12,49-50(13,14)15)41(34-36)48-52(18,19)43(7,8)9/h22-23,25,27,31,35,37-41H,20-21,24,26,28-30,32-34H2,1-19H3/b25-22+,31-23+,36-27?/t35-,37-,38?,39?,40-,41?,45?,46?/m1/s1. The van der Waals surface area contributed by atoms with E-state index in [-0.39, 0.29) is 22.3 Å². The van der Waals surface area contributed by atoms with Gasteiger partial charge in [-0.1, -0.05) is 119 Å². The first-order chi connectivity index (χ1) is 23.5. The molecule has 6 heteroatoms. The third kappa shape index (κ3) is 10.8. The van der Waals surface area contributed by atoms with Crippen molar-refractivity contribution in [3.8, 4) is 0 Å². The molecule has 0 aromatic heterocycles. The van der Waals surface area contributed by atoms with Crippen molar-refractivity contribution in [1.29, 1.82) is 0 Å². The van der Waals surface area contributed by atoms with E-state index in [1.165, 1.54) is 51.4 Å². The van der Waals surface area contributed by atoms with Gasteiger partial charge >= 0.3 is 0 Å². The minimum absolute atomic E-state index is 0.00317. The van der Waals surface area contributed by atoms with Gasteiger partial charge < -0.3 is 13.3 Å². The van der Waals surface area contributed by atoms with Gasteiger partial charge in [-0.05, 0) is 155 Å². The summed E-state index contributed by atoms with van der Waals surface area (Å²) in [5, 5.41) is 0.258. The smallest absolute Gasteiger partial charge is 0.192 e. The van der Waals surface area contributed by atoms with Crippen LogP contribution in [0.5, 0.6) is 0 Å². The zero-order valence-electron chi connectivity index (χ0n) is 38.1. The molecule has 0 heterocycles. The Kier molecular flexibility index (Phi) is 14.8. The normalized spacial score (nSPS) is 33.0. The quantitative estimate of drug-likeness (QED) is 0.1000. The zero-order chi connectivity index (χ0) is 39.8. The molecule has 52 heavy (non-hydrogen) atoms. The second kappa shape index (κ2) is 16.7. The molecule has 3 rings (SSSR count). The Morgan fingerprint density at radius 2 is 1.29 bits per heavy atom. The van der Waals surface area contributed by atoms with E-state index in [1.54, 1.807) is 5.57 Å². The molecule has 0 spiro atoms. The highest BCUT2D eigenvalue weighted by molar-refractivity contribution is 6.74. The van der Waals surface area contributed by atoms with Gasteiger partial charge in [0, 0.05) is 0 Å². The lowest BCUT2D eigenvalue weighted by molar-refractivity contribution is -0.122. The Bertz CT molecular complexity index is 1210. The van der Waals surface area contributed by atoms with E-state index in [4.69, 9.17) is 13.3 Å². The second-order valence-corrected chi connectivity index (χ2v) is 36.5. The zero-order valence-corrected chi connectivity index (χ0v) is 41.1. The average molecular weight is 773 g/mol. The van der Waals surface area contributed by atoms with E-state index in [2.05, 4.69) is 159 Å². The molecule has 0 aliphatic heterocycles. The van der Waals surface area contributed by atoms with Crippen LogP contribution in [-0.2, 0) is 13.3 Å². The fourth-order valence-corrected chi connectivity index (χ4v) is 13.9. The summed E-state index contributed by atoms with van der Waals surface area (Å²) in [6, 6.07) is 0. The third-order valence-corrected chi connectivity index (χ3v) is 25.5. The number of hydrogen-bond donors (Lipinski definition) is 0.